The van der Waals surface area contributed by atoms with Gasteiger partial charge in [-0.15, -0.1) is 0 Å². The molecule has 0 radical (unpaired) electrons. The highest BCUT2D eigenvalue weighted by molar-refractivity contribution is 6.31. The smallest absolute Gasteiger partial charge is 0.319 e. The first-order chi connectivity index (χ1) is 19.9. The van der Waals surface area contributed by atoms with Crippen molar-refractivity contribution in [3.05, 3.63) is 40.8 Å². The SMILES string of the molecule is Fc1c(-c2cccc(Cl)c2C2CC2)ncc2c(N3CCNC4(COC4)C3)nc(OC[C@@]34CCCN3C[C@H](F)C4)nc12. The molecule has 8 rings (SSSR count). The van der Waals surface area contributed by atoms with Gasteiger partial charge in [-0.25, -0.2) is 8.78 Å². The minimum absolute atomic E-state index is 0.109. The highest BCUT2D eigenvalue weighted by Gasteiger charge is 2.49. The standard InChI is InChI=1S/C30H33ClF2N6O2/c31-22-4-1-3-20(23(22)18-5-6-18)25-24(33)26-21(12-34-25)27(38-10-8-35-29(14-38)15-40-16-29)37-28(36-26)41-17-30-7-2-9-39(30)13-19(32)11-30/h1,3-4,12,18-19,35H,2,5-11,13-17H2/t19-,30+/m1/s1. The Hall–Kier alpha value is -2.66. The van der Waals surface area contributed by atoms with Crippen LogP contribution in [0.2, 0.25) is 5.02 Å². The lowest BCUT2D eigenvalue weighted by Crippen LogP contribution is -2.70. The molecule has 5 fully saturated rings. The van der Waals surface area contributed by atoms with Crippen molar-refractivity contribution in [3.8, 4) is 17.3 Å². The molecule has 2 atom stereocenters. The van der Waals surface area contributed by atoms with Crippen LogP contribution in [0.15, 0.2) is 24.4 Å². The first-order valence-corrected chi connectivity index (χ1v) is 15.1. The van der Waals surface area contributed by atoms with Crippen molar-refractivity contribution >= 4 is 28.3 Å². The molecule has 6 heterocycles. The maximum atomic E-state index is 16.6. The summed E-state index contributed by atoms with van der Waals surface area (Å²) >= 11 is 6.59. The van der Waals surface area contributed by atoms with E-state index < -0.39 is 12.0 Å². The van der Waals surface area contributed by atoms with Gasteiger partial charge in [0.05, 0.1) is 29.7 Å². The summed E-state index contributed by atoms with van der Waals surface area (Å²) in [5.74, 6) is 0.402. The number of halogens is 3. The molecule has 2 aromatic heterocycles. The van der Waals surface area contributed by atoms with Gasteiger partial charge in [0.25, 0.3) is 0 Å². The van der Waals surface area contributed by atoms with Crippen LogP contribution < -0.4 is 15.0 Å². The predicted molar refractivity (Wildman–Crippen MR) is 152 cm³/mol. The first-order valence-electron chi connectivity index (χ1n) is 14.7. The van der Waals surface area contributed by atoms with E-state index in [9.17, 15) is 4.39 Å². The van der Waals surface area contributed by atoms with E-state index in [1.54, 1.807) is 6.20 Å². The molecule has 41 heavy (non-hydrogen) atoms. The van der Waals surface area contributed by atoms with Gasteiger partial charge in [0.15, 0.2) is 5.82 Å². The third kappa shape index (κ3) is 4.37. The fourth-order valence-electron chi connectivity index (χ4n) is 7.37. The number of ether oxygens (including phenoxy) is 2. The van der Waals surface area contributed by atoms with E-state index in [-0.39, 0.29) is 34.9 Å². The van der Waals surface area contributed by atoms with Crippen LogP contribution in [-0.2, 0) is 4.74 Å². The van der Waals surface area contributed by atoms with E-state index in [1.165, 1.54) is 0 Å². The number of fused-ring (bicyclic) bond motifs is 2. The molecule has 4 aliphatic heterocycles. The van der Waals surface area contributed by atoms with Crippen LogP contribution in [0.5, 0.6) is 6.01 Å². The van der Waals surface area contributed by atoms with Gasteiger partial charge in [-0.2, -0.15) is 9.97 Å². The molecule has 1 saturated carbocycles. The lowest BCUT2D eigenvalue weighted by atomic mass is 9.94. The third-order valence-corrected chi connectivity index (χ3v) is 9.93. The zero-order valence-corrected chi connectivity index (χ0v) is 23.6. The summed E-state index contributed by atoms with van der Waals surface area (Å²) in [5, 5.41) is 4.74. The minimum atomic E-state index is -0.863. The Morgan fingerprint density at radius 3 is 2.88 bits per heavy atom. The Kier molecular flexibility index (Phi) is 6.15. The fraction of sp³-hybridized carbons (Fsp3) is 0.567. The largest absolute Gasteiger partial charge is 0.461 e. The number of rotatable bonds is 6. The number of alkyl halides is 1. The minimum Gasteiger partial charge on any atom is -0.461 e. The molecule has 11 heteroatoms. The molecule has 1 aliphatic carbocycles. The van der Waals surface area contributed by atoms with Crippen molar-refractivity contribution in [3.63, 3.8) is 0 Å². The van der Waals surface area contributed by atoms with Crippen molar-refractivity contribution in [2.45, 2.75) is 55.3 Å². The lowest BCUT2D eigenvalue weighted by molar-refractivity contribution is -0.0743. The Balaban J connectivity index is 1.22. The number of hydrogen-bond donors (Lipinski definition) is 1. The van der Waals surface area contributed by atoms with E-state index in [4.69, 9.17) is 26.1 Å². The Morgan fingerprint density at radius 2 is 2.07 bits per heavy atom. The van der Waals surface area contributed by atoms with Gasteiger partial charge >= 0.3 is 6.01 Å². The van der Waals surface area contributed by atoms with E-state index >= 15 is 4.39 Å². The number of pyridine rings is 1. The summed E-state index contributed by atoms with van der Waals surface area (Å²) < 4.78 is 42.7. The number of nitrogens with one attached hydrogen (secondary N) is 1. The second-order valence-electron chi connectivity index (χ2n) is 12.5. The van der Waals surface area contributed by atoms with Crippen LogP contribution in [-0.4, -0.2) is 89.6 Å². The van der Waals surface area contributed by atoms with Crippen LogP contribution in [0.25, 0.3) is 22.2 Å². The summed E-state index contributed by atoms with van der Waals surface area (Å²) in [6.07, 6.45) is 5.20. The normalized spacial score (nSPS) is 27.4. The average Bonchev–Trinajstić information content (AvgIpc) is 3.64. The van der Waals surface area contributed by atoms with Gasteiger partial charge in [-0.3, -0.25) is 9.88 Å². The molecule has 0 amide bonds. The zero-order valence-electron chi connectivity index (χ0n) is 22.8. The number of anilines is 1. The van der Waals surface area contributed by atoms with Crippen LogP contribution in [0.3, 0.4) is 0 Å². The predicted octanol–water partition coefficient (Wildman–Crippen LogP) is 4.50. The van der Waals surface area contributed by atoms with Crippen molar-refractivity contribution < 1.29 is 18.3 Å². The molecule has 1 N–H and O–H groups in total. The van der Waals surface area contributed by atoms with Crippen LogP contribution >= 0.6 is 11.6 Å². The van der Waals surface area contributed by atoms with Gasteiger partial charge in [0.2, 0.25) is 0 Å². The Labute approximate surface area is 242 Å². The van der Waals surface area contributed by atoms with Gasteiger partial charge in [0, 0.05) is 49.4 Å². The average molecular weight is 583 g/mol. The second kappa shape index (κ2) is 9.69. The molecule has 1 aromatic carbocycles. The highest BCUT2D eigenvalue weighted by atomic mass is 35.5. The van der Waals surface area contributed by atoms with E-state index in [0.717, 1.165) is 44.3 Å². The Morgan fingerprint density at radius 1 is 1.20 bits per heavy atom. The quantitative estimate of drug-likeness (QED) is 0.456. The summed E-state index contributed by atoms with van der Waals surface area (Å²) in [4.78, 5) is 18.4. The second-order valence-corrected chi connectivity index (χ2v) is 12.9. The molecule has 0 bridgehead atoms. The lowest BCUT2D eigenvalue weighted by Gasteiger charge is -2.49. The Bertz CT molecular complexity index is 1520. The molecule has 1 spiro atoms. The number of aromatic nitrogens is 3. The molecule has 8 nitrogen and oxygen atoms in total. The number of piperazine rings is 1. The molecule has 0 unspecified atom stereocenters. The van der Waals surface area contributed by atoms with E-state index in [0.29, 0.717) is 67.0 Å². The molecule has 4 saturated heterocycles. The summed E-state index contributed by atoms with van der Waals surface area (Å²) in [5.41, 5.74) is 1.55. The topological polar surface area (TPSA) is 75.6 Å². The zero-order chi connectivity index (χ0) is 27.8. The van der Waals surface area contributed by atoms with Gasteiger partial charge in [-0.1, -0.05) is 23.7 Å². The molecule has 216 valence electrons. The summed E-state index contributed by atoms with van der Waals surface area (Å²) in [7, 11) is 0. The van der Waals surface area contributed by atoms with Crippen molar-refractivity contribution in [1.29, 1.82) is 0 Å². The van der Waals surface area contributed by atoms with Crippen molar-refractivity contribution in [1.82, 2.24) is 25.2 Å². The van der Waals surface area contributed by atoms with Crippen LogP contribution in [0.1, 0.15) is 43.6 Å². The molecular formula is C30H33ClF2N6O2. The monoisotopic (exact) mass is 582 g/mol. The summed E-state index contributed by atoms with van der Waals surface area (Å²) in [6, 6.07) is 5.68. The van der Waals surface area contributed by atoms with Crippen LogP contribution in [0.4, 0.5) is 14.6 Å². The number of benzene rings is 1. The number of nitrogens with zero attached hydrogens (tertiary/aromatic N) is 5. The van der Waals surface area contributed by atoms with E-state index in [1.807, 2.05) is 18.2 Å². The maximum Gasteiger partial charge on any atom is 0.319 e. The highest BCUT2D eigenvalue weighted by Crippen LogP contribution is 2.48. The van der Waals surface area contributed by atoms with Gasteiger partial charge < -0.3 is 19.7 Å². The van der Waals surface area contributed by atoms with Gasteiger partial charge in [0.1, 0.15) is 29.8 Å². The summed E-state index contributed by atoms with van der Waals surface area (Å²) in [6.45, 7) is 4.93. The third-order valence-electron chi connectivity index (χ3n) is 9.60. The van der Waals surface area contributed by atoms with Crippen molar-refractivity contribution in [2.75, 3.05) is 57.4 Å². The molecule has 3 aromatic rings. The van der Waals surface area contributed by atoms with Crippen molar-refractivity contribution in [2.24, 2.45) is 0 Å². The molecule has 5 aliphatic rings. The van der Waals surface area contributed by atoms with Gasteiger partial charge in [-0.05, 0) is 49.8 Å². The first kappa shape index (κ1) is 26.0. The molecular weight excluding hydrogens is 550 g/mol. The fourth-order valence-corrected chi connectivity index (χ4v) is 7.70. The van der Waals surface area contributed by atoms with E-state index in [2.05, 4.69) is 25.1 Å². The maximum absolute atomic E-state index is 16.6. The van der Waals surface area contributed by atoms with Crippen LogP contribution in [0, 0.1) is 5.82 Å². The number of hydrogen-bond acceptors (Lipinski definition) is 8.